The molecule has 0 heteroatoms. The number of hydrogen-bond acceptors (Lipinski definition) is 0. The molecule has 0 aromatic rings. The van der Waals surface area contributed by atoms with Crippen LogP contribution in [-0.4, -0.2) is 0 Å². The van der Waals surface area contributed by atoms with Gasteiger partial charge in [-0.1, -0.05) is 51.2 Å². The van der Waals surface area contributed by atoms with Crippen molar-refractivity contribution in [1.82, 2.24) is 0 Å². The summed E-state index contributed by atoms with van der Waals surface area (Å²) < 4.78 is 0. The van der Waals surface area contributed by atoms with Gasteiger partial charge in [0.2, 0.25) is 0 Å². The minimum absolute atomic E-state index is 0.895. The maximum absolute atomic E-state index is 2.48. The van der Waals surface area contributed by atoms with Gasteiger partial charge in [0.15, 0.2) is 0 Å². The molecule has 1 aliphatic rings. The molecule has 1 rings (SSSR count). The monoisotopic (exact) mass is 180 g/mol. The van der Waals surface area contributed by atoms with Crippen molar-refractivity contribution in [3.8, 4) is 0 Å². The minimum Gasteiger partial charge on any atom is -0.0850 e. The number of rotatable bonds is 6. The maximum Gasteiger partial charge on any atom is -0.0229 e. The van der Waals surface area contributed by atoms with Crippen molar-refractivity contribution in [2.75, 3.05) is 0 Å². The topological polar surface area (TPSA) is 0 Å². The van der Waals surface area contributed by atoms with E-state index in [0.717, 1.165) is 5.92 Å². The highest BCUT2D eigenvalue weighted by molar-refractivity contribution is 5.11. The summed E-state index contributed by atoms with van der Waals surface area (Å²) in [6.07, 6.45) is 13.7. The molecule has 0 radical (unpaired) electrons. The van der Waals surface area contributed by atoms with E-state index >= 15 is 0 Å². The summed E-state index contributed by atoms with van der Waals surface area (Å²) >= 11 is 0. The number of hydrogen-bond donors (Lipinski definition) is 0. The molecule has 0 aromatic heterocycles. The van der Waals surface area contributed by atoms with Gasteiger partial charge in [0, 0.05) is 0 Å². The SMILES string of the molecule is CCCCCCCC1=CCCC1C. The first-order chi connectivity index (χ1) is 6.34. The molecule has 0 saturated carbocycles. The molecule has 0 fully saturated rings. The van der Waals surface area contributed by atoms with Crippen molar-refractivity contribution < 1.29 is 0 Å². The van der Waals surface area contributed by atoms with Gasteiger partial charge < -0.3 is 0 Å². The molecule has 0 bridgehead atoms. The van der Waals surface area contributed by atoms with Gasteiger partial charge in [-0.25, -0.2) is 0 Å². The van der Waals surface area contributed by atoms with Crippen molar-refractivity contribution >= 4 is 0 Å². The number of unbranched alkanes of at least 4 members (excludes halogenated alkanes) is 4. The van der Waals surface area contributed by atoms with Crippen LogP contribution in [0.3, 0.4) is 0 Å². The quantitative estimate of drug-likeness (QED) is 0.410. The summed E-state index contributed by atoms with van der Waals surface area (Å²) in [5, 5.41) is 0. The standard InChI is InChI=1S/C13H24/c1-3-4-5-6-7-10-13-11-8-9-12(13)2/h11-12H,3-10H2,1-2H3. The van der Waals surface area contributed by atoms with Gasteiger partial charge in [-0.15, -0.1) is 0 Å². The maximum atomic E-state index is 2.48. The molecule has 1 atom stereocenters. The van der Waals surface area contributed by atoms with Gasteiger partial charge in [-0.05, 0) is 31.6 Å². The molecule has 1 aliphatic carbocycles. The van der Waals surface area contributed by atoms with E-state index in [0.29, 0.717) is 0 Å². The van der Waals surface area contributed by atoms with Crippen molar-refractivity contribution in [1.29, 1.82) is 0 Å². The van der Waals surface area contributed by atoms with Crippen LogP contribution in [0.5, 0.6) is 0 Å². The van der Waals surface area contributed by atoms with Gasteiger partial charge in [-0.3, -0.25) is 0 Å². The van der Waals surface area contributed by atoms with E-state index < -0.39 is 0 Å². The van der Waals surface area contributed by atoms with Gasteiger partial charge in [-0.2, -0.15) is 0 Å². The first kappa shape index (κ1) is 10.8. The third-order valence-electron chi connectivity index (χ3n) is 3.21. The van der Waals surface area contributed by atoms with Gasteiger partial charge >= 0.3 is 0 Å². The third kappa shape index (κ3) is 3.97. The molecule has 0 saturated heterocycles. The Bertz CT molecular complexity index is 155. The second-order valence-electron chi connectivity index (χ2n) is 4.42. The summed E-state index contributed by atoms with van der Waals surface area (Å²) in [6.45, 7) is 4.66. The zero-order valence-corrected chi connectivity index (χ0v) is 9.31. The fourth-order valence-corrected chi connectivity index (χ4v) is 2.19. The van der Waals surface area contributed by atoms with E-state index in [1.165, 1.54) is 51.4 Å². The molecule has 0 heterocycles. The van der Waals surface area contributed by atoms with Crippen LogP contribution in [-0.2, 0) is 0 Å². The van der Waals surface area contributed by atoms with Gasteiger partial charge in [0.25, 0.3) is 0 Å². The fraction of sp³-hybridized carbons (Fsp3) is 0.846. The first-order valence-electron chi connectivity index (χ1n) is 6.03. The molecule has 0 N–H and O–H groups in total. The van der Waals surface area contributed by atoms with Crippen LogP contribution in [0.2, 0.25) is 0 Å². The molecule has 0 aliphatic heterocycles. The zero-order chi connectivity index (χ0) is 9.52. The molecule has 0 aromatic carbocycles. The second-order valence-corrected chi connectivity index (χ2v) is 4.42. The highest BCUT2D eigenvalue weighted by Crippen LogP contribution is 2.28. The lowest BCUT2D eigenvalue weighted by molar-refractivity contribution is 0.591. The largest absolute Gasteiger partial charge is 0.0850 e. The summed E-state index contributed by atoms with van der Waals surface area (Å²) in [5.74, 6) is 0.895. The Morgan fingerprint density at radius 1 is 1.23 bits per heavy atom. The van der Waals surface area contributed by atoms with E-state index in [4.69, 9.17) is 0 Å². The van der Waals surface area contributed by atoms with Crippen molar-refractivity contribution in [2.24, 2.45) is 5.92 Å². The molecule has 0 amide bonds. The lowest BCUT2D eigenvalue weighted by Gasteiger charge is -2.08. The average molecular weight is 180 g/mol. The number of allylic oxidation sites excluding steroid dienone is 2. The molecule has 0 nitrogen and oxygen atoms in total. The van der Waals surface area contributed by atoms with Crippen LogP contribution < -0.4 is 0 Å². The van der Waals surface area contributed by atoms with E-state index in [2.05, 4.69) is 19.9 Å². The fourth-order valence-electron chi connectivity index (χ4n) is 2.19. The highest BCUT2D eigenvalue weighted by Gasteiger charge is 2.12. The third-order valence-corrected chi connectivity index (χ3v) is 3.21. The molecule has 76 valence electrons. The normalized spacial score (nSPS) is 22.0. The van der Waals surface area contributed by atoms with Crippen LogP contribution >= 0.6 is 0 Å². The lowest BCUT2D eigenvalue weighted by atomic mass is 9.98. The van der Waals surface area contributed by atoms with Gasteiger partial charge in [0.05, 0.1) is 0 Å². The van der Waals surface area contributed by atoms with Crippen molar-refractivity contribution in [3.63, 3.8) is 0 Å². The predicted molar refractivity (Wildman–Crippen MR) is 59.9 cm³/mol. The molecular formula is C13H24. The van der Waals surface area contributed by atoms with Crippen LogP contribution in [0.1, 0.15) is 65.2 Å². The Labute approximate surface area is 83.4 Å². The molecular weight excluding hydrogens is 156 g/mol. The molecule has 13 heavy (non-hydrogen) atoms. The zero-order valence-electron chi connectivity index (χ0n) is 9.31. The average Bonchev–Trinajstić information content (AvgIpc) is 2.52. The summed E-state index contributed by atoms with van der Waals surface area (Å²) in [5.41, 5.74) is 1.75. The van der Waals surface area contributed by atoms with Crippen LogP contribution in [0.25, 0.3) is 0 Å². The van der Waals surface area contributed by atoms with E-state index in [1.807, 2.05) is 0 Å². The highest BCUT2D eigenvalue weighted by atomic mass is 14.2. The smallest absolute Gasteiger partial charge is 0.0229 e. The van der Waals surface area contributed by atoms with Crippen LogP contribution in [0.15, 0.2) is 11.6 Å². The summed E-state index contributed by atoms with van der Waals surface area (Å²) in [4.78, 5) is 0. The molecule has 0 spiro atoms. The van der Waals surface area contributed by atoms with Crippen LogP contribution in [0.4, 0.5) is 0 Å². The van der Waals surface area contributed by atoms with E-state index in [1.54, 1.807) is 5.57 Å². The predicted octanol–water partition coefficient (Wildman–Crippen LogP) is 4.70. The van der Waals surface area contributed by atoms with Crippen molar-refractivity contribution in [2.45, 2.75) is 65.2 Å². The van der Waals surface area contributed by atoms with E-state index in [9.17, 15) is 0 Å². The molecule has 1 unspecified atom stereocenters. The summed E-state index contributed by atoms with van der Waals surface area (Å²) in [7, 11) is 0. The van der Waals surface area contributed by atoms with E-state index in [-0.39, 0.29) is 0 Å². The Morgan fingerprint density at radius 3 is 2.62 bits per heavy atom. The minimum atomic E-state index is 0.895. The van der Waals surface area contributed by atoms with Crippen LogP contribution in [0, 0.1) is 5.92 Å². The first-order valence-corrected chi connectivity index (χ1v) is 6.03. The second kappa shape index (κ2) is 6.23. The Morgan fingerprint density at radius 2 is 2.00 bits per heavy atom. The Hall–Kier alpha value is -0.260. The lowest BCUT2D eigenvalue weighted by Crippen LogP contribution is -1.92. The Kier molecular flexibility index (Phi) is 5.19. The summed E-state index contributed by atoms with van der Waals surface area (Å²) in [6, 6.07) is 0. The van der Waals surface area contributed by atoms with Gasteiger partial charge in [0.1, 0.15) is 0 Å². The Balaban J connectivity index is 1.99. The van der Waals surface area contributed by atoms with Crippen molar-refractivity contribution in [3.05, 3.63) is 11.6 Å².